The van der Waals surface area contributed by atoms with E-state index in [-0.39, 0.29) is 0 Å². The van der Waals surface area contributed by atoms with Gasteiger partial charge in [0.05, 0.1) is 13.2 Å². The van der Waals surface area contributed by atoms with Crippen molar-refractivity contribution in [3.05, 3.63) is 0 Å². The molecule has 0 saturated heterocycles. The van der Waals surface area contributed by atoms with Gasteiger partial charge in [0.25, 0.3) is 0 Å². The zero-order valence-electron chi connectivity index (χ0n) is 6.71. The van der Waals surface area contributed by atoms with E-state index in [1.807, 2.05) is 0 Å². The van der Waals surface area contributed by atoms with Crippen molar-refractivity contribution in [1.82, 2.24) is 0 Å². The molecule has 0 aromatic carbocycles. The number of hydrogen-bond acceptors (Lipinski definition) is 2. The van der Waals surface area contributed by atoms with Crippen LogP contribution >= 0.6 is 0 Å². The molecule has 0 heterocycles. The van der Waals surface area contributed by atoms with E-state index in [9.17, 15) is 0 Å². The molecule has 0 radical (unpaired) electrons. The van der Waals surface area contributed by atoms with E-state index in [1.165, 1.54) is 12.8 Å². The highest BCUT2D eigenvalue weighted by Crippen LogP contribution is 2.28. The van der Waals surface area contributed by atoms with Crippen molar-refractivity contribution in [3.63, 3.8) is 0 Å². The summed E-state index contributed by atoms with van der Waals surface area (Å²) in [5.74, 6) is 3.24. The largest absolute Gasteiger partial charge is 0.379 e. The molecule has 1 fully saturated rings. The zero-order chi connectivity index (χ0) is 7.94. The Bertz CT molecular complexity index is 133. The maximum absolute atomic E-state index is 5.31. The van der Waals surface area contributed by atoms with Gasteiger partial charge >= 0.3 is 0 Å². The van der Waals surface area contributed by atoms with Gasteiger partial charge in [0.15, 0.2) is 0 Å². The molecule has 1 aliphatic carbocycles. The van der Waals surface area contributed by atoms with Crippen molar-refractivity contribution in [2.75, 3.05) is 26.4 Å². The van der Waals surface area contributed by atoms with E-state index in [4.69, 9.17) is 15.9 Å². The summed E-state index contributed by atoms with van der Waals surface area (Å²) in [6, 6.07) is 0. The summed E-state index contributed by atoms with van der Waals surface area (Å²) < 4.78 is 10.3. The van der Waals surface area contributed by atoms with E-state index in [0.717, 1.165) is 12.5 Å². The van der Waals surface area contributed by atoms with Gasteiger partial charge in [-0.05, 0) is 18.8 Å². The van der Waals surface area contributed by atoms with E-state index < -0.39 is 0 Å². The molecular weight excluding hydrogens is 140 g/mol. The molecule has 0 N–H and O–H groups in total. The molecule has 0 amide bonds. The standard InChI is InChI=1S/C9H14O2/c1-2-5-10-6-7-11-8-9-3-4-9/h1,9H,3-8H2. The SMILES string of the molecule is C#CCOCCOCC1CC1. The Labute approximate surface area is 67.9 Å². The van der Waals surface area contributed by atoms with Crippen LogP contribution in [0.15, 0.2) is 0 Å². The van der Waals surface area contributed by atoms with E-state index in [0.29, 0.717) is 19.8 Å². The Morgan fingerprint density at radius 3 is 2.64 bits per heavy atom. The van der Waals surface area contributed by atoms with E-state index >= 15 is 0 Å². The summed E-state index contributed by atoms with van der Waals surface area (Å²) in [6.07, 6.45) is 7.66. The first-order chi connectivity index (χ1) is 5.43. The Morgan fingerprint density at radius 1 is 1.27 bits per heavy atom. The van der Waals surface area contributed by atoms with Crippen LogP contribution in [-0.2, 0) is 9.47 Å². The van der Waals surface area contributed by atoms with Gasteiger partial charge in [-0.3, -0.25) is 0 Å². The summed E-state index contributed by atoms with van der Waals surface area (Å²) in [5.41, 5.74) is 0. The van der Waals surface area contributed by atoms with Crippen LogP contribution in [0.1, 0.15) is 12.8 Å². The maximum atomic E-state index is 5.31. The Kier molecular flexibility index (Phi) is 4.03. The molecule has 1 rings (SSSR count). The number of terminal acetylenes is 1. The molecule has 62 valence electrons. The molecule has 0 bridgehead atoms. The normalized spacial score (nSPS) is 16.3. The number of hydrogen-bond donors (Lipinski definition) is 0. The third-order valence-corrected chi connectivity index (χ3v) is 1.61. The first-order valence-electron chi connectivity index (χ1n) is 4.02. The van der Waals surface area contributed by atoms with Crippen molar-refractivity contribution < 1.29 is 9.47 Å². The predicted octanol–water partition coefficient (Wildman–Crippen LogP) is 1.06. The minimum absolute atomic E-state index is 0.396. The summed E-state index contributed by atoms with van der Waals surface area (Å²) in [4.78, 5) is 0. The lowest BCUT2D eigenvalue weighted by Crippen LogP contribution is -2.06. The van der Waals surface area contributed by atoms with Crippen LogP contribution in [0.4, 0.5) is 0 Å². The molecule has 2 heteroatoms. The third-order valence-electron chi connectivity index (χ3n) is 1.61. The van der Waals surface area contributed by atoms with E-state index in [1.54, 1.807) is 0 Å². The van der Waals surface area contributed by atoms with Crippen molar-refractivity contribution in [1.29, 1.82) is 0 Å². The van der Waals surface area contributed by atoms with Crippen LogP contribution in [0.3, 0.4) is 0 Å². The van der Waals surface area contributed by atoms with Gasteiger partial charge in [0, 0.05) is 6.61 Å². The molecule has 1 aliphatic rings. The molecule has 0 atom stereocenters. The fourth-order valence-electron chi connectivity index (χ4n) is 0.783. The van der Waals surface area contributed by atoms with Crippen molar-refractivity contribution >= 4 is 0 Å². The van der Waals surface area contributed by atoms with Crippen LogP contribution in [0.2, 0.25) is 0 Å². The van der Waals surface area contributed by atoms with Gasteiger partial charge in [-0.25, -0.2) is 0 Å². The monoisotopic (exact) mass is 154 g/mol. The molecule has 0 aromatic heterocycles. The average Bonchev–Trinajstić information content (AvgIpc) is 2.80. The topological polar surface area (TPSA) is 18.5 Å². The Morgan fingerprint density at radius 2 is 2.00 bits per heavy atom. The smallest absolute Gasteiger partial charge is 0.107 e. The highest BCUT2D eigenvalue weighted by atomic mass is 16.5. The predicted molar refractivity (Wildman–Crippen MR) is 43.2 cm³/mol. The third kappa shape index (κ3) is 4.83. The van der Waals surface area contributed by atoms with Gasteiger partial charge in [-0.2, -0.15) is 0 Å². The van der Waals surface area contributed by atoms with Crippen molar-refractivity contribution in [2.24, 2.45) is 5.92 Å². The van der Waals surface area contributed by atoms with Gasteiger partial charge in [0.1, 0.15) is 6.61 Å². The molecule has 0 aliphatic heterocycles. The Hall–Kier alpha value is -0.520. The van der Waals surface area contributed by atoms with Crippen LogP contribution < -0.4 is 0 Å². The lowest BCUT2D eigenvalue weighted by atomic mass is 10.5. The van der Waals surface area contributed by atoms with Crippen molar-refractivity contribution in [2.45, 2.75) is 12.8 Å². The summed E-state index contributed by atoms with van der Waals surface area (Å²) in [7, 11) is 0. The Balaban J connectivity index is 1.70. The zero-order valence-corrected chi connectivity index (χ0v) is 6.71. The molecule has 1 saturated carbocycles. The first-order valence-corrected chi connectivity index (χ1v) is 4.02. The lowest BCUT2D eigenvalue weighted by molar-refractivity contribution is 0.0554. The van der Waals surface area contributed by atoms with Gasteiger partial charge in [-0.15, -0.1) is 6.42 Å². The summed E-state index contributed by atoms with van der Waals surface area (Å²) in [5, 5.41) is 0. The van der Waals surface area contributed by atoms with Crippen molar-refractivity contribution in [3.8, 4) is 12.3 Å². The lowest BCUT2D eigenvalue weighted by Gasteiger charge is -2.01. The fraction of sp³-hybridized carbons (Fsp3) is 0.778. The van der Waals surface area contributed by atoms with Crippen LogP contribution in [0, 0.1) is 18.3 Å². The number of ether oxygens (including phenoxy) is 2. The van der Waals surface area contributed by atoms with Gasteiger partial charge in [0.2, 0.25) is 0 Å². The van der Waals surface area contributed by atoms with E-state index in [2.05, 4.69) is 5.92 Å². The minimum Gasteiger partial charge on any atom is -0.379 e. The highest BCUT2D eigenvalue weighted by Gasteiger charge is 2.20. The second-order valence-electron chi connectivity index (χ2n) is 2.78. The van der Waals surface area contributed by atoms with Crippen LogP contribution in [0.25, 0.3) is 0 Å². The maximum Gasteiger partial charge on any atom is 0.107 e. The quantitative estimate of drug-likeness (QED) is 0.421. The molecule has 2 nitrogen and oxygen atoms in total. The molecule has 0 spiro atoms. The fourth-order valence-corrected chi connectivity index (χ4v) is 0.783. The van der Waals surface area contributed by atoms with Crippen LogP contribution in [0.5, 0.6) is 0 Å². The minimum atomic E-state index is 0.396. The van der Waals surface area contributed by atoms with Gasteiger partial charge in [-0.1, -0.05) is 5.92 Å². The van der Waals surface area contributed by atoms with Gasteiger partial charge < -0.3 is 9.47 Å². The molecular formula is C9H14O2. The molecule has 0 unspecified atom stereocenters. The summed E-state index contributed by atoms with van der Waals surface area (Å²) >= 11 is 0. The number of rotatable bonds is 6. The summed E-state index contributed by atoms with van der Waals surface area (Å²) in [6.45, 7) is 2.60. The first kappa shape index (κ1) is 8.58. The highest BCUT2D eigenvalue weighted by molar-refractivity contribution is 4.82. The van der Waals surface area contributed by atoms with Crippen LogP contribution in [-0.4, -0.2) is 26.4 Å². The second-order valence-corrected chi connectivity index (χ2v) is 2.78. The molecule has 0 aromatic rings. The molecule has 11 heavy (non-hydrogen) atoms. The second kappa shape index (κ2) is 5.17. The average molecular weight is 154 g/mol.